The van der Waals surface area contributed by atoms with Crippen LogP contribution in [0, 0.1) is 12.3 Å². The summed E-state index contributed by atoms with van der Waals surface area (Å²) in [4.78, 5) is 40.3. The summed E-state index contributed by atoms with van der Waals surface area (Å²) in [6, 6.07) is 3.53. The van der Waals surface area contributed by atoms with E-state index in [9.17, 15) is 19.5 Å². The molecule has 0 radical (unpaired) electrons. The summed E-state index contributed by atoms with van der Waals surface area (Å²) in [5, 5.41) is 10.9. The van der Waals surface area contributed by atoms with Gasteiger partial charge in [-0.05, 0) is 56.5 Å². The Labute approximate surface area is 185 Å². The van der Waals surface area contributed by atoms with Crippen molar-refractivity contribution in [3.05, 3.63) is 45.8 Å². The summed E-state index contributed by atoms with van der Waals surface area (Å²) < 4.78 is 10.1. The maximum absolute atomic E-state index is 13.2. The molecule has 4 aliphatic rings. The van der Waals surface area contributed by atoms with Crippen molar-refractivity contribution >= 4 is 17.8 Å². The average Bonchev–Trinajstić information content (AvgIpc) is 3.42. The Hall–Kier alpha value is -2.91. The van der Waals surface area contributed by atoms with E-state index in [0.717, 1.165) is 23.1 Å². The van der Waals surface area contributed by atoms with Crippen LogP contribution in [0.4, 0.5) is 0 Å². The Kier molecular flexibility index (Phi) is 4.98. The van der Waals surface area contributed by atoms with Crippen LogP contribution in [0.25, 0.3) is 0 Å². The Morgan fingerprint density at radius 1 is 1.06 bits per heavy atom. The van der Waals surface area contributed by atoms with Crippen molar-refractivity contribution in [3.8, 4) is 0 Å². The van der Waals surface area contributed by atoms with Crippen LogP contribution in [0.2, 0.25) is 0 Å². The van der Waals surface area contributed by atoms with Gasteiger partial charge in [0.25, 0.3) is 0 Å². The van der Waals surface area contributed by atoms with Crippen LogP contribution < -0.4 is 5.73 Å². The average molecular weight is 441 g/mol. The number of amides is 1. The van der Waals surface area contributed by atoms with Gasteiger partial charge < -0.3 is 30.1 Å². The molecule has 3 N–H and O–H groups in total. The zero-order valence-corrected chi connectivity index (χ0v) is 18.1. The summed E-state index contributed by atoms with van der Waals surface area (Å²) in [6.07, 6.45) is 1.43. The molecule has 0 bridgehead atoms. The van der Waals surface area contributed by atoms with Crippen LogP contribution in [0.1, 0.15) is 52.4 Å². The molecule has 0 aromatic heterocycles. The number of nitrogens with zero attached hydrogens (tertiary/aromatic N) is 2. The Morgan fingerprint density at radius 3 is 2.44 bits per heavy atom. The second-order valence-electron chi connectivity index (χ2n) is 9.12. The van der Waals surface area contributed by atoms with Gasteiger partial charge in [-0.15, -0.1) is 0 Å². The van der Waals surface area contributed by atoms with Gasteiger partial charge in [-0.2, -0.15) is 0 Å². The van der Waals surface area contributed by atoms with E-state index in [1.165, 1.54) is 0 Å². The molecule has 4 heterocycles. The molecule has 0 aliphatic carbocycles. The number of esters is 2. The van der Waals surface area contributed by atoms with Crippen molar-refractivity contribution in [3.63, 3.8) is 0 Å². The summed E-state index contributed by atoms with van der Waals surface area (Å²) >= 11 is 0. The molecule has 9 heteroatoms. The quantitative estimate of drug-likeness (QED) is 0.656. The molecule has 1 atom stereocenters. The van der Waals surface area contributed by atoms with Crippen LogP contribution in [0.15, 0.2) is 23.5 Å². The number of β-amino-alcohol motifs (C(OH)–C–C–N with tert-alkyl or cyclic N) is 1. The van der Waals surface area contributed by atoms with Gasteiger partial charge in [-0.1, -0.05) is 6.07 Å². The van der Waals surface area contributed by atoms with Crippen molar-refractivity contribution < 1.29 is 29.0 Å². The second kappa shape index (κ2) is 7.60. The Bertz CT molecular complexity index is 1040. The minimum atomic E-state index is -0.688. The minimum Gasteiger partial charge on any atom is -0.457 e. The van der Waals surface area contributed by atoms with Gasteiger partial charge in [0.15, 0.2) is 0 Å². The molecule has 1 spiro atoms. The Morgan fingerprint density at radius 2 is 1.75 bits per heavy atom. The normalized spacial score (nSPS) is 23.7. The lowest BCUT2D eigenvalue weighted by molar-refractivity contribution is -0.138. The van der Waals surface area contributed by atoms with Gasteiger partial charge >= 0.3 is 11.9 Å². The molecule has 0 unspecified atom stereocenters. The molecule has 1 aromatic carbocycles. The lowest BCUT2D eigenvalue weighted by Crippen LogP contribution is -2.45. The fraction of sp³-hybridized carbons (Fsp3) is 0.522. The monoisotopic (exact) mass is 441 g/mol. The van der Waals surface area contributed by atoms with E-state index >= 15 is 0 Å². The van der Waals surface area contributed by atoms with Gasteiger partial charge in [0, 0.05) is 18.7 Å². The standard InChI is InChI=1S/C23H27N3O6/c1-13-14(2-3-15-16(13)11-31-20(15)28)18(27)10-25-7-4-23(5-8-25)6-9-26(22(23)30)17-12-32-21(29)19(17)24/h2-3,18,27H,4-12,24H2,1H3/t18-/m1/s1. The summed E-state index contributed by atoms with van der Waals surface area (Å²) in [5.74, 6) is -0.852. The maximum atomic E-state index is 13.2. The van der Waals surface area contributed by atoms with E-state index < -0.39 is 17.5 Å². The molecule has 170 valence electrons. The van der Waals surface area contributed by atoms with Gasteiger partial charge in [-0.3, -0.25) is 4.79 Å². The van der Waals surface area contributed by atoms with Crippen molar-refractivity contribution in [2.75, 3.05) is 32.8 Å². The summed E-state index contributed by atoms with van der Waals surface area (Å²) in [5.41, 5.74) is 9.03. The number of benzene rings is 1. The van der Waals surface area contributed by atoms with E-state index in [1.54, 1.807) is 17.0 Å². The van der Waals surface area contributed by atoms with E-state index in [0.29, 0.717) is 50.3 Å². The molecule has 5 rings (SSSR count). The first-order valence-corrected chi connectivity index (χ1v) is 11.0. The Balaban J connectivity index is 1.23. The van der Waals surface area contributed by atoms with Gasteiger partial charge in [0.1, 0.15) is 18.9 Å². The molecular formula is C23H27N3O6. The third-order valence-corrected chi connectivity index (χ3v) is 7.52. The highest BCUT2D eigenvalue weighted by Crippen LogP contribution is 2.43. The smallest absolute Gasteiger partial charge is 0.356 e. The number of aliphatic hydroxyl groups excluding tert-OH is 1. The summed E-state index contributed by atoms with van der Waals surface area (Å²) in [7, 11) is 0. The zero-order chi connectivity index (χ0) is 22.6. The van der Waals surface area contributed by atoms with Crippen LogP contribution in [0.3, 0.4) is 0 Å². The molecule has 1 amide bonds. The number of rotatable bonds is 4. The number of aliphatic hydroxyl groups is 1. The number of ether oxygens (including phenoxy) is 2. The van der Waals surface area contributed by atoms with Crippen LogP contribution in [-0.2, 0) is 25.7 Å². The molecule has 0 saturated carbocycles. The first kappa shape index (κ1) is 21.0. The predicted molar refractivity (Wildman–Crippen MR) is 112 cm³/mol. The highest BCUT2D eigenvalue weighted by molar-refractivity contribution is 5.94. The lowest BCUT2D eigenvalue weighted by atomic mass is 9.77. The highest BCUT2D eigenvalue weighted by Gasteiger charge is 2.50. The largest absolute Gasteiger partial charge is 0.457 e. The van der Waals surface area contributed by atoms with Gasteiger partial charge in [-0.25, -0.2) is 9.59 Å². The highest BCUT2D eigenvalue weighted by atomic mass is 16.5. The number of likely N-dealkylation sites (tertiary alicyclic amines) is 2. The number of carbonyl (C=O) groups excluding carboxylic acids is 3. The number of fused-ring (bicyclic) bond motifs is 1. The third kappa shape index (κ3) is 3.18. The van der Waals surface area contributed by atoms with E-state index in [4.69, 9.17) is 15.2 Å². The van der Waals surface area contributed by atoms with E-state index in [2.05, 4.69) is 4.90 Å². The predicted octanol–water partition coefficient (Wildman–Crippen LogP) is 0.740. The molecule has 1 aromatic rings. The molecule has 2 fully saturated rings. The molecule has 9 nitrogen and oxygen atoms in total. The number of cyclic esters (lactones) is 2. The van der Waals surface area contributed by atoms with Crippen molar-refractivity contribution in [1.29, 1.82) is 0 Å². The first-order chi connectivity index (χ1) is 15.3. The fourth-order valence-electron chi connectivity index (χ4n) is 5.41. The van der Waals surface area contributed by atoms with Crippen molar-refractivity contribution in [2.24, 2.45) is 11.1 Å². The SMILES string of the molecule is Cc1c([C@H](O)CN2CCC3(CC2)CCN(C2=C(N)C(=O)OC2)C3=O)ccc2c1COC2=O. The first-order valence-electron chi connectivity index (χ1n) is 11.0. The van der Waals surface area contributed by atoms with Crippen molar-refractivity contribution in [1.82, 2.24) is 9.80 Å². The van der Waals surface area contributed by atoms with Crippen molar-refractivity contribution in [2.45, 2.75) is 38.9 Å². The lowest BCUT2D eigenvalue weighted by Gasteiger charge is -2.38. The number of carbonyl (C=O) groups is 3. The summed E-state index contributed by atoms with van der Waals surface area (Å²) in [6.45, 7) is 4.63. The third-order valence-electron chi connectivity index (χ3n) is 7.52. The van der Waals surface area contributed by atoms with Gasteiger partial charge in [0.05, 0.1) is 22.8 Å². The van der Waals surface area contributed by atoms with E-state index in [-0.39, 0.29) is 30.8 Å². The minimum absolute atomic E-state index is 0.0214. The molecular weight excluding hydrogens is 414 g/mol. The zero-order valence-electron chi connectivity index (χ0n) is 18.1. The van der Waals surface area contributed by atoms with Crippen LogP contribution in [0.5, 0.6) is 0 Å². The molecule has 4 aliphatic heterocycles. The van der Waals surface area contributed by atoms with E-state index in [1.807, 2.05) is 6.92 Å². The fourth-order valence-corrected chi connectivity index (χ4v) is 5.41. The number of piperidine rings is 1. The maximum Gasteiger partial charge on any atom is 0.356 e. The molecule has 2 saturated heterocycles. The van der Waals surface area contributed by atoms with Crippen LogP contribution >= 0.6 is 0 Å². The number of hydrogen-bond donors (Lipinski definition) is 2. The topological polar surface area (TPSA) is 122 Å². The number of nitrogens with two attached hydrogens (primary N) is 1. The second-order valence-corrected chi connectivity index (χ2v) is 9.12. The number of hydrogen-bond acceptors (Lipinski definition) is 8. The van der Waals surface area contributed by atoms with Gasteiger partial charge in [0.2, 0.25) is 5.91 Å². The van der Waals surface area contributed by atoms with Crippen LogP contribution in [-0.4, -0.2) is 65.5 Å². The molecule has 32 heavy (non-hydrogen) atoms.